The van der Waals surface area contributed by atoms with Gasteiger partial charge in [-0.3, -0.25) is 4.79 Å². The Kier molecular flexibility index (Phi) is 6.44. The zero-order valence-corrected chi connectivity index (χ0v) is 15.1. The molecule has 0 unspecified atom stereocenters. The van der Waals surface area contributed by atoms with Crippen LogP contribution in [0.5, 0.6) is 0 Å². The molecule has 0 spiro atoms. The lowest BCUT2D eigenvalue weighted by Crippen LogP contribution is -2.45. The summed E-state index contributed by atoms with van der Waals surface area (Å²) in [4.78, 5) is 14.7. The summed E-state index contributed by atoms with van der Waals surface area (Å²) in [5.41, 5.74) is -0.348. The lowest BCUT2D eigenvalue weighted by Gasteiger charge is -2.39. The zero-order valence-electron chi connectivity index (χ0n) is 15.1. The largest absolute Gasteiger partial charge is 0.381 e. The molecule has 0 atom stereocenters. The molecule has 1 amide bonds. The van der Waals surface area contributed by atoms with Crippen LogP contribution in [0.1, 0.15) is 51.4 Å². The Hall–Kier alpha value is -1.45. The maximum Gasteiger partial charge on any atom is 0.220 e. The average Bonchev–Trinajstić information content (AvgIpc) is 3.44. The Labute approximate surface area is 150 Å². The minimum atomic E-state index is -0.348. The van der Waals surface area contributed by atoms with Crippen molar-refractivity contribution < 1.29 is 9.53 Å². The van der Waals surface area contributed by atoms with E-state index in [1.54, 1.807) is 0 Å². The standard InChI is InChI=1S/C19H30N4O2/c1-2-3-9-19(21-22-19)10-4-18(24)20-15-16-5-11-23(12-6-16)17-7-13-25-14-8-17/h1,16-17H,3-15H2,(H,20,24). The van der Waals surface area contributed by atoms with Gasteiger partial charge in [-0.1, -0.05) is 0 Å². The first-order valence-corrected chi connectivity index (χ1v) is 9.67. The summed E-state index contributed by atoms with van der Waals surface area (Å²) in [5, 5.41) is 11.3. The Balaban J connectivity index is 1.28. The number of amides is 1. The molecule has 1 N–H and O–H groups in total. The van der Waals surface area contributed by atoms with Crippen molar-refractivity contribution in [2.24, 2.45) is 16.1 Å². The molecule has 3 aliphatic rings. The number of terminal acetylenes is 1. The molecule has 0 aromatic rings. The summed E-state index contributed by atoms with van der Waals surface area (Å²) >= 11 is 0. The van der Waals surface area contributed by atoms with E-state index in [0.29, 0.717) is 31.2 Å². The van der Waals surface area contributed by atoms with Crippen LogP contribution in [0.3, 0.4) is 0 Å². The summed E-state index contributed by atoms with van der Waals surface area (Å²) in [7, 11) is 0. The van der Waals surface area contributed by atoms with Gasteiger partial charge >= 0.3 is 0 Å². The third-order valence-corrected chi connectivity index (χ3v) is 5.75. The molecule has 6 heteroatoms. The second-order valence-corrected chi connectivity index (χ2v) is 7.51. The van der Waals surface area contributed by atoms with Crippen LogP contribution in [0.4, 0.5) is 0 Å². The Bertz CT molecular complexity index is 508. The fraction of sp³-hybridized carbons (Fsp3) is 0.842. The van der Waals surface area contributed by atoms with Gasteiger partial charge in [0.05, 0.1) is 0 Å². The number of piperidine rings is 1. The second-order valence-electron chi connectivity index (χ2n) is 7.51. The quantitative estimate of drug-likeness (QED) is 0.686. The third-order valence-electron chi connectivity index (χ3n) is 5.75. The molecule has 3 rings (SSSR count). The van der Waals surface area contributed by atoms with E-state index >= 15 is 0 Å². The zero-order chi connectivity index (χ0) is 17.5. The third kappa shape index (κ3) is 5.52. The van der Waals surface area contributed by atoms with E-state index in [4.69, 9.17) is 11.2 Å². The topological polar surface area (TPSA) is 66.3 Å². The monoisotopic (exact) mass is 346 g/mol. The van der Waals surface area contributed by atoms with E-state index in [1.165, 1.54) is 25.7 Å². The summed E-state index contributed by atoms with van der Waals surface area (Å²) in [6.07, 6.45) is 12.6. The molecule has 0 radical (unpaired) electrons. The van der Waals surface area contributed by atoms with Gasteiger partial charge in [-0.2, -0.15) is 10.2 Å². The fourth-order valence-corrected chi connectivity index (χ4v) is 3.90. The summed E-state index contributed by atoms with van der Waals surface area (Å²) in [6.45, 7) is 4.91. The van der Waals surface area contributed by atoms with Crippen molar-refractivity contribution in [3.63, 3.8) is 0 Å². The predicted molar refractivity (Wildman–Crippen MR) is 96.0 cm³/mol. The lowest BCUT2D eigenvalue weighted by atomic mass is 9.94. The number of carbonyl (C=O) groups is 1. The minimum absolute atomic E-state index is 0.115. The van der Waals surface area contributed by atoms with Crippen LogP contribution in [0.2, 0.25) is 0 Å². The molecule has 0 aliphatic carbocycles. The van der Waals surface area contributed by atoms with Gasteiger partial charge in [0.1, 0.15) is 0 Å². The molecule has 6 nitrogen and oxygen atoms in total. The molecule has 25 heavy (non-hydrogen) atoms. The molecule has 0 aromatic carbocycles. The number of nitrogens with zero attached hydrogens (tertiary/aromatic N) is 3. The molecule has 2 fully saturated rings. The van der Waals surface area contributed by atoms with Crippen molar-refractivity contribution in [1.82, 2.24) is 10.2 Å². The number of nitrogens with one attached hydrogen (secondary N) is 1. The molecule has 138 valence electrons. The molecule has 2 saturated heterocycles. The normalized spacial score (nSPS) is 24.0. The highest BCUT2D eigenvalue weighted by molar-refractivity contribution is 5.76. The second kappa shape index (κ2) is 8.77. The molecule has 0 aromatic heterocycles. The van der Waals surface area contributed by atoms with E-state index in [2.05, 4.69) is 26.4 Å². The highest BCUT2D eigenvalue weighted by atomic mass is 16.5. The molecule has 0 bridgehead atoms. The van der Waals surface area contributed by atoms with Crippen molar-refractivity contribution >= 4 is 5.91 Å². The van der Waals surface area contributed by atoms with Gasteiger partial charge < -0.3 is 15.0 Å². The van der Waals surface area contributed by atoms with Crippen molar-refractivity contribution in [3.05, 3.63) is 0 Å². The van der Waals surface area contributed by atoms with Gasteiger partial charge in [-0.15, -0.1) is 12.3 Å². The van der Waals surface area contributed by atoms with Gasteiger partial charge in [-0.25, -0.2) is 0 Å². The van der Waals surface area contributed by atoms with E-state index in [9.17, 15) is 4.79 Å². The molecule has 0 saturated carbocycles. The summed E-state index contributed by atoms with van der Waals surface area (Å²) < 4.78 is 5.45. The van der Waals surface area contributed by atoms with Gasteiger partial charge in [0, 0.05) is 51.5 Å². The molecule has 3 aliphatic heterocycles. The Morgan fingerprint density at radius 2 is 1.92 bits per heavy atom. The van der Waals surface area contributed by atoms with Crippen LogP contribution < -0.4 is 5.32 Å². The van der Waals surface area contributed by atoms with Crippen molar-refractivity contribution in [2.45, 2.75) is 63.1 Å². The maximum absolute atomic E-state index is 12.1. The van der Waals surface area contributed by atoms with Crippen molar-refractivity contribution in [2.75, 3.05) is 32.8 Å². The van der Waals surface area contributed by atoms with Gasteiger partial charge in [-0.05, 0) is 44.7 Å². The first-order valence-electron chi connectivity index (χ1n) is 9.67. The van der Waals surface area contributed by atoms with Gasteiger partial charge in [0.2, 0.25) is 5.91 Å². The van der Waals surface area contributed by atoms with Crippen LogP contribution >= 0.6 is 0 Å². The van der Waals surface area contributed by atoms with Gasteiger partial charge in [0.15, 0.2) is 5.66 Å². The van der Waals surface area contributed by atoms with Crippen LogP contribution in [-0.2, 0) is 9.53 Å². The molecule has 3 heterocycles. The van der Waals surface area contributed by atoms with Crippen molar-refractivity contribution in [1.29, 1.82) is 0 Å². The van der Waals surface area contributed by atoms with E-state index in [0.717, 1.165) is 39.3 Å². The minimum Gasteiger partial charge on any atom is -0.381 e. The number of likely N-dealkylation sites (tertiary alicyclic amines) is 1. The highest BCUT2D eigenvalue weighted by Crippen LogP contribution is 2.37. The number of carbonyl (C=O) groups excluding carboxylic acids is 1. The number of hydrogen-bond acceptors (Lipinski definition) is 5. The Morgan fingerprint density at radius 3 is 2.56 bits per heavy atom. The lowest BCUT2D eigenvalue weighted by molar-refractivity contribution is -0.121. The number of hydrogen-bond donors (Lipinski definition) is 1. The summed E-state index contributed by atoms with van der Waals surface area (Å²) in [5.74, 6) is 3.33. The molecular weight excluding hydrogens is 316 g/mol. The SMILES string of the molecule is C#CCCC1(CCC(=O)NCC2CCN(C3CCOCC3)CC2)N=N1. The molecular formula is C19H30N4O2. The van der Waals surface area contributed by atoms with E-state index in [-0.39, 0.29) is 11.6 Å². The first-order chi connectivity index (χ1) is 12.2. The smallest absolute Gasteiger partial charge is 0.220 e. The Morgan fingerprint density at radius 1 is 1.20 bits per heavy atom. The van der Waals surface area contributed by atoms with Crippen molar-refractivity contribution in [3.8, 4) is 12.3 Å². The number of ether oxygens (including phenoxy) is 1. The average molecular weight is 346 g/mol. The van der Waals surface area contributed by atoms with Crippen LogP contribution in [0.25, 0.3) is 0 Å². The number of rotatable bonds is 8. The van der Waals surface area contributed by atoms with Crippen LogP contribution in [0.15, 0.2) is 10.2 Å². The van der Waals surface area contributed by atoms with Crippen LogP contribution in [-0.4, -0.2) is 55.4 Å². The van der Waals surface area contributed by atoms with Crippen LogP contribution in [0, 0.1) is 18.3 Å². The summed E-state index contributed by atoms with van der Waals surface area (Å²) in [6, 6.07) is 0.703. The van der Waals surface area contributed by atoms with E-state index < -0.39 is 0 Å². The van der Waals surface area contributed by atoms with E-state index in [1.807, 2.05) is 0 Å². The van der Waals surface area contributed by atoms with Gasteiger partial charge in [0.25, 0.3) is 0 Å². The predicted octanol–water partition coefficient (Wildman–Crippen LogP) is 2.35. The first kappa shape index (κ1) is 18.3. The highest BCUT2D eigenvalue weighted by Gasteiger charge is 2.39. The fourth-order valence-electron chi connectivity index (χ4n) is 3.90. The maximum atomic E-state index is 12.1.